The number of pyridine rings is 2. The molecule has 1 saturated carbocycles. The lowest BCUT2D eigenvalue weighted by Gasteiger charge is -2.34. The molecule has 1 aliphatic rings. The highest BCUT2D eigenvalue weighted by molar-refractivity contribution is 5.98. The average molecular weight is 693 g/mol. The fourth-order valence-corrected chi connectivity index (χ4v) is 7.76. The molecule has 2 N–H and O–H groups in total. The predicted octanol–water partition coefficient (Wildman–Crippen LogP) is 14.3. The molecule has 0 amide bonds. The van der Waals surface area contributed by atoms with Gasteiger partial charge in [0, 0.05) is 34.2 Å². The first kappa shape index (κ1) is 30.9. The van der Waals surface area contributed by atoms with Crippen molar-refractivity contribution >= 4 is 44.6 Å². The van der Waals surface area contributed by atoms with Crippen molar-refractivity contribution in [3.8, 4) is 11.1 Å². The molecule has 4 aromatic carbocycles. The van der Waals surface area contributed by atoms with Crippen LogP contribution in [0, 0.1) is 12.3 Å². The molecule has 0 bridgehead atoms. The van der Waals surface area contributed by atoms with Gasteiger partial charge in [-0.3, -0.25) is 9.97 Å². The van der Waals surface area contributed by atoms with E-state index in [2.05, 4.69) is 96.4 Å². The van der Waals surface area contributed by atoms with Crippen molar-refractivity contribution in [3.63, 3.8) is 0 Å². The summed E-state index contributed by atoms with van der Waals surface area (Å²) < 4.78 is 35.1. The molecule has 0 atom stereocenters. The van der Waals surface area contributed by atoms with E-state index < -0.39 is 12.7 Å². The van der Waals surface area contributed by atoms with Crippen LogP contribution in [0.4, 0.5) is 22.7 Å². The van der Waals surface area contributed by atoms with Gasteiger partial charge in [0.1, 0.15) is 0 Å². The normalized spacial score (nSPS) is 16.9. The van der Waals surface area contributed by atoms with Crippen LogP contribution < -0.4 is 10.6 Å². The fraction of sp³-hybridized carbons (Fsp3) is 0.375. The van der Waals surface area contributed by atoms with Gasteiger partial charge in [0.05, 0.1) is 33.8 Å². The van der Waals surface area contributed by atoms with Gasteiger partial charge in [-0.05, 0) is 137 Å². The number of anilines is 4. The molecule has 7 rings (SSSR count). The van der Waals surface area contributed by atoms with Gasteiger partial charge in [0.2, 0.25) is 0 Å². The van der Waals surface area contributed by atoms with Crippen LogP contribution in [0.2, 0.25) is 0 Å². The molecule has 52 heavy (non-hydrogen) atoms. The molecule has 0 radical (unpaired) electrons. The van der Waals surface area contributed by atoms with E-state index in [0.29, 0.717) is 17.1 Å². The number of para-hydroxylation sites is 1. The Hall–Kier alpha value is -4.70. The third kappa shape index (κ3) is 7.31. The van der Waals surface area contributed by atoms with Crippen LogP contribution in [0.15, 0.2) is 91.3 Å². The molecule has 0 aliphatic heterocycles. The molecular weight excluding hydrogens is 633 g/mol. The first-order valence-corrected chi connectivity index (χ1v) is 19.1. The SMILES string of the molecule is [2H]C([2H])([2H])c1cc(Nc2ccc(C3([2H])CCC(C)(C)CC3)cc2Nc2cccc3cccnc23)c2ncc(-c3c(C(C)C)cc(C(C)C)cc3C(C)C)cc2c1. The molecule has 2 heterocycles. The van der Waals surface area contributed by atoms with Crippen molar-refractivity contribution < 1.29 is 5.48 Å². The summed E-state index contributed by atoms with van der Waals surface area (Å²) in [7, 11) is 0. The summed E-state index contributed by atoms with van der Waals surface area (Å²) in [6.07, 6.45) is 7.31. The van der Waals surface area contributed by atoms with Crippen molar-refractivity contribution in [2.45, 2.75) is 112 Å². The monoisotopic (exact) mass is 692 g/mol. The lowest BCUT2D eigenvalue weighted by Crippen LogP contribution is -2.20. The maximum atomic E-state index is 9.62. The molecule has 0 unspecified atom stereocenters. The van der Waals surface area contributed by atoms with Crippen LogP contribution >= 0.6 is 0 Å². The Morgan fingerprint density at radius 2 is 1.38 bits per heavy atom. The second-order valence-corrected chi connectivity index (χ2v) is 16.5. The van der Waals surface area contributed by atoms with E-state index in [4.69, 9.17) is 14.1 Å². The van der Waals surface area contributed by atoms with E-state index in [1.54, 1.807) is 18.3 Å². The predicted molar refractivity (Wildman–Crippen MR) is 224 cm³/mol. The lowest BCUT2D eigenvalue weighted by molar-refractivity contribution is 0.224. The van der Waals surface area contributed by atoms with Gasteiger partial charge in [-0.2, -0.15) is 0 Å². The minimum atomic E-state index is -2.34. The average Bonchev–Trinajstić information content (AvgIpc) is 3.15. The number of aromatic nitrogens is 2. The van der Waals surface area contributed by atoms with Crippen LogP contribution in [0.5, 0.6) is 0 Å². The number of aryl methyl sites for hydroxylation is 1. The highest BCUT2D eigenvalue weighted by Gasteiger charge is 2.28. The quantitative estimate of drug-likeness (QED) is 0.158. The molecule has 0 saturated heterocycles. The minimum Gasteiger partial charge on any atom is -0.352 e. The Labute approximate surface area is 317 Å². The Kier molecular flexibility index (Phi) is 8.54. The van der Waals surface area contributed by atoms with E-state index in [0.717, 1.165) is 70.2 Å². The summed E-state index contributed by atoms with van der Waals surface area (Å²) in [6, 6.07) is 26.5. The van der Waals surface area contributed by atoms with Gasteiger partial charge in [0.25, 0.3) is 0 Å². The van der Waals surface area contributed by atoms with Crippen LogP contribution in [-0.2, 0) is 0 Å². The van der Waals surface area contributed by atoms with Crippen molar-refractivity contribution in [1.82, 2.24) is 9.97 Å². The summed E-state index contributed by atoms with van der Waals surface area (Å²) in [5.41, 5.74) is 12.0. The highest BCUT2D eigenvalue weighted by atomic mass is 15.0. The topological polar surface area (TPSA) is 49.8 Å². The van der Waals surface area contributed by atoms with Crippen molar-refractivity contribution in [2.75, 3.05) is 10.6 Å². The van der Waals surface area contributed by atoms with Gasteiger partial charge in [0.15, 0.2) is 0 Å². The molecular formula is C48H56N4. The summed E-state index contributed by atoms with van der Waals surface area (Å²) >= 11 is 0. The van der Waals surface area contributed by atoms with Crippen molar-refractivity contribution in [3.05, 3.63) is 119 Å². The number of nitrogens with zero attached hydrogens (tertiary/aromatic N) is 2. The van der Waals surface area contributed by atoms with E-state index in [1.165, 1.54) is 22.3 Å². The zero-order valence-corrected chi connectivity index (χ0v) is 32.1. The minimum absolute atomic E-state index is 0.230. The Morgan fingerprint density at radius 3 is 2.08 bits per heavy atom. The molecule has 1 aliphatic carbocycles. The molecule has 4 nitrogen and oxygen atoms in total. The Balaban J connectivity index is 1.38. The molecule has 1 fully saturated rings. The molecule has 2 aromatic heterocycles. The maximum Gasteiger partial charge on any atom is 0.0937 e. The Morgan fingerprint density at radius 1 is 0.692 bits per heavy atom. The number of hydrogen-bond donors (Lipinski definition) is 2. The number of nitrogens with one attached hydrogen (secondary N) is 2. The lowest BCUT2D eigenvalue weighted by atomic mass is 9.71. The summed E-state index contributed by atoms with van der Waals surface area (Å²) in [6.45, 7) is 15.7. The molecule has 6 aromatic rings. The largest absolute Gasteiger partial charge is 0.352 e. The van der Waals surface area contributed by atoms with Gasteiger partial charge in [-0.1, -0.05) is 91.8 Å². The number of benzene rings is 4. The van der Waals surface area contributed by atoms with Crippen LogP contribution in [0.1, 0.15) is 138 Å². The van der Waals surface area contributed by atoms with Crippen molar-refractivity contribution in [2.24, 2.45) is 5.41 Å². The summed E-state index contributed by atoms with van der Waals surface area (Å²) in [4.78, 5) is 9.80. The third-order valence-electron chi connectivity index (χ3n) is 11.0. The molecule has 4 heteroatoms. The summed E-state index contributed by atoms with van der Waals surface area (Å²) in [5, 5.41) is 9.09. The first-order chi connectivity index (χ1) is 26.4. The number of fused-ring (bicyclic) bond motifs is 2. The van der Waals surface area contributed by atoms with Gasteiger partial charge in [-0.15, -0.1) is 0 Å². The van der Waals surface area contributed by atoms with Gasteiger partial charge in [-0.25, -0.2) is 0 Å². The zero-order chi connectivity index (χ0) is 40.2. The molecule has 0 spiro atoms. The summed E-state index contributed by atoms with van der Waals surface area (Å²) in [5.74, 6) is 0.272. The standard InChI is InChI=1S/C48H56N4/c1-29(2)36-25-39(30(3)4)45(40(26-36)31(5)6)38-24-37-22-32(7)23-44(47(37)50-28-38)51-41-16-15-35(33-17-19-48(8,9)20-18-33)27-43(41)52-42-14-10-12-34-13-11-21-49-46(34)42/h10-16,21-31,33,51-52H,17-20H2,1-9H3/i7D3,33D. The van der Waals surface area contributed by atoms with E-state index in [-0.39, 0.29) is 22.8 Å². The van der Waals surface area contributed by atoms with E-state index in [1.807, 2.05) is 42.6 Å². The molecule has 268 valence electrons. The second kappa shape index (κ2) is 14.4. The van der Waals surface area contributed by atoms with Gasteiger partial charge < -0.3 is 10.6 Å². The van der Waals surface area contributed by atoms with Gasteiger partial charge >= 0.3 is 0 Å². The maximum absolute atomic E-state index is 9.62. The third-order valence-corrected chi connectivity index (χ3v) is 11.0. The number of hydrogen-bond acceptors (Lipinski definition) is 4. The fourth-order valence-electron chi connectivity index (χ4n) is 7.76. The van der Waals surface area contributed by atoms with Crippen LogP contribution in [0.25, 0.3) is 32.9 Å². The zero-order valence-electron chi connectivity index (χ0n) is 36.1. The first-order valence-electron chi connectivity index (χ1n) is 21.1. The van der Waals surface area contributed by atoms with Crippen molar-refractivity contribution in [1.29, 1.82) is 0 Å². The highest BCUT2D eigenvalue weighted by Crippen LogP contribution is 2.45. The van der Waals surface area contributed by atoms with Crippen LogP contribution in [-0.4, -0.2) is 9.97 Å². The second-order valence-electron chi connectivity index (χ2n) is 16.5. The van der Waals surface area contributed by atoms with E-state index in [9.17, 15) is 1.37 Å². The Bertz CT molecular complexity index is 2370. The van der Waals surface area contributed by atoms with E-state index >= 15 is 0 Å². The number of rotatable bonds is 9. The smallest absolute Gasteiger partial charge is 0.0937 e. The van der Waals surface area contributed by atoms with Crippen LogP contribution in [0.3, 0.4) is 0 Å².